The van der Waals surface area contributed by atoms with Crippen molar-refractivity contribution in [3.63, 3.8) is 0 Å². The Morgan fingerprint density at radius 3 is 2.07 bits per heavy atom. The number of hydrogen-bond acceptors (Lipinski definition) is 6. The molecule has 1 amide bonds. The molecule has 0 bridgehead atoms. The fourth-order valence-corrected chi connectivity index (χ4v) is 5.58. The molecule has 2 N–H and O–H groups in total. The first-order chi connectivity index (χ1) is 21.3. The maximum Gasteiger partial charge on any atom is 0.256 e. The van der Waals surface area contributed by atoms with Gasteiger partial charge in [0.1, 0.15) is 12.4 Å². The molecule has 2 heterocycles. The number of carbonyl (C=O) groups is 1. The van der Waals surface area contributed by atoms with Crippen LogP contribution in [0.1, 0.15) is 52.5 Å². The van der Waals surface area contributed by atoms with E-state index in [0.717, 1.165) is 58.0 Å². The van der Waals surface area contributed by atoms with Gasteiger partial charge in [0.25, 0.3) is 5.91 Å². The van der Waals surface area contributed by atoms with Crippen LogP contribution in [-0.2, 0) is 14.3 Å². The van der Waals surface area contributed by atoms with Gasteiger partial charge in [-0.1, -0.05) is 57.4 Å². The molecule has 1 saturated heterocycles. The van der Waals surface area contributed by atoms with Crippen LogP contribution in [0.4, 0.5) is 0 Å². The lowest BCUT2D eigenvalue weighted by Gasteiger charge is -2.14. The second-order valence-corrected chi connectivity index (χ2v) is 11.1. The van der Waals surface area contributed by atoms with Gasteiger partial charge in [-0.05, 0) is 108 Å². The Bertz CT molecular complexity index is 1090. The zero-order valence-corrected chi connectivity index (χ0v) is 30.4. The van der Waals surface area contributed by atoms with Crippen molar-refractivity contribution in [3.05, 3.63) is 93.1 Å². The maximum atomic E-state index is 12.5. The lowest BCUT2D eigenvalue weighted by atomic mass is 10.0. The lowest BCUT2D eigenvalue weighted by Crippen LogP contribution is -2.21. The number of likely N-dealkylation sites (tertiary alicyclic amines) is 1. The number of allylic oxidation sites excluding steroid dienone is 6. The van der Waals surface area contributed by atoms with Crippen molar-refractivity contribution in [1.29, 1.82) is 0 Å². The molecule has 3 rings (SSSR count). The van der Waals surface area contributed by atoms with Crippen LogP contribution in [-0.4, -0.2) is 75.7 Å². The van der Waals surface area contributed by atoms with E-state index < -0.39 is 0 Å². The first kappa shape index (κ1) is 41.7. The number of nitrogens with zero attached hydrogens (tertiary/aromatic N) is 1. The number of ether oxygens (including phenoxy) is 3. The Kier molecular flexibility index (Phi) is 24.7. The molecule has 2 aliphatic heterocycles. The van der Waals surface area contributed by atoms with Gasteiger partial charge in [0.15, 0.2) is 0 Å². The largest absolute Gasteiger partial charge is 0.489 e. The Morgan fingerprint density at radius 2 is 1.52 bits per heavy atom. The van der Waals surface area contributed by atoms with Crippen molar-refractivity contribution in [3.8, 4) is 5.75 Å². The zero-order chi connectivity index (χ0) is 33.3. The third-order valence-electron chi connectivity index (χ3n) is 6.24. The summed E-state index contributed by atoms with van der Waals surface area (Å²) in [6.07, 6.45) is 12.6. The number of hydrogen-bond donors (Lipinski definition) is 2. The number of carbonyl (C=O) groups excluding carboxylic acids is 1. The minimum Gasteiger partial charge on any atom is -0.489 e. The van der Waals surface area contributed by atoms with Gasteiger partial charge in [-0.2, -0.15) is 0 Å². The van der Waals surface area contributed by atoms with Gasteiger partial charge in [0.2, 0.25) is 0 Å². The van der Waals surface area contributed by atoms with Crippen LogP contribution in [0.2, 0.25) is 0 Å². The fourth-order valence-electron chi connectivity index (χ4n) is 4.13. The fraction of sp³-hybridized carbons (Fsp3) is 0.457. The number of rotatable bonds is 15. The van der Waals surface area contributed by atoms with Crippen molar-refractivity contribution in [1.82, 2.24) is 10.2 Å². The molecule has 0 radical (unpaired) electrons. The summed E-state index contributed by atoms with van der Waals surface area (Å²) in [4.78, 5) is 15.0. The zero-order valence-electron chi connectivity index (χ0n) is 27.2. The minimum atomic E-state index is -0.115. The van der Waals surface area contributed by atoms with Gasteiger partial charge >= 0.3 is 0 Å². The number of nitrogens with one attached hydrogen (secondary N) is 1. The quantitative estimate of drug-likeness (QED) is 0.108. The predicted molar refractivity (Wildman–Crippen MR) is 192 cm³/mol. The molecular formula is C35H52Br2N2O5. The molecular weight excluding hydrogens is 688 g/mol. The van der Waals surface area contributed by atoms with E-state index in [1.807, 2.05) is 52.0 Å². The monoisotopic (exact) mass is 738 g/mol. The number of amides is 1. The summed E-state index contributed by atoms with van der Waals surface area (Å²) in [5.74, 6) is 0.583. The van der Waals surface area contributed by atoms with Gasteiger partial charge in [-0.25, -0.2) is 0 Å². The second kappa shape index (κ2) is 26.0. The Hall–Kier alpha value is -2.27. The van der Waals surface area contributed by atoms with Crippen molar-refractivity contribution < 1.29 is 24.1 Å². The van der Waals surface area contributed by atoms with Crippen LogP contribution < -0.4 is 10.1 Å². The molecule has 0 spiro atoms. The summed E-state index contributed by atoms with van der Waals surface area (Å²) in [6.45, 7) is 24.8. The SMILES string of the molecule is C=C/C(C)=C\C1=C(C)NC(=O)/C1=C\c1cc(Br)c(OCCOCCOCCCN2CCCC2)c(Br)c1.C=CC=C.CC.CO. The van der Waals surface area contributed by atoms with E-state index in [-0.39, 0.29) is 5.91 Å². The highest BCUT2D eigenvalue weighted by Gasteiger charge is 2.23. The molecule has 0 unspecified atom stereocenters. The molecule has 0 aliphatic carbocycles. The molecule has 0 aromatic heterocycles. The van der Waals surface area contributed by atoms with E-state index in [4.69, 9.17) is 19.3 Å². The molecule has 246 valence electrons. The highest BCUT2D eigenvalue weighted by molar-refractivity contribution is 9.11. The standard InChI is InChI=1S/C28H36Br2N2O4.C4H6.C2H6.CH4O/c1-4-20(2)16-23-21(3)31-28(33)24(23)17-22-18-25(29)27(26(30)19-22)36-15-14-35-13-12-34-11-7-10-32-8-5-6-9-32;1-3-4-2;2*1-2/h4,16-19H,1,5-15H2,2-3H3,(H,31,33);3-4H,1-2H2;1-2H3;2H,1H3/b20-16-,24-17-;;;. The Morgan fingerprint density at radius 1 is 0.977 bits per heavy atom. The van der Waals surface area contributed by atoms with E-state index in [0.29, 0.717) is 37.8 Å². The van der Waals surface area contributed by atoms with Crippen molar-refractivity contribution >= 4 is 43.8 Å². The molecule has 44 heavy (non-hydrogen) atoms. The van der Waals surface area contributed by atoms with Crippen LogP contribution in [0.25, 0.3) is 6.08 Å². The number of aliphatic hydroxyl groups excluding tert-OH is 1. The van der Waals surface area contributed by atoms with Gasteiger partial charge in [0, 0.05) is 37.1 Å². The van der Waals surface area contributed by atoms with E-state index in [2.05, 4.69) is 61.8 Å². The average molecular weight is 741 g/mol. The number of halogens is 2. The molecule has 7 nitrogen and oxygen atoms in total. The highest BCUT2D eigenvalue weighted by atomic mass is 79.9. The van der Waals surface area contributed by atoms with E-state index in [1.165, 1.54) is 25.9 Å². The molecule has 1 aromatic rings. The van der Waals surface area contributed by atoms with Gasteiger partial charge in [-0.3, -0.25) is 4.79 Å². The van der Waals surface area contributed by atoms with Crippen LogP contribution in [0.15, 0.2) is 87.5 Å². The highest BCUT2D eigenvalue weighted by Crippen LogP contribution is 2.36. The summed E-state index contributed by atoms with van der Waals surface area (Å²) in [6, 6.07) is 3.87. The maximum absolute atomic E-state index is 12.5. The molecule has 2 aliphatic rings. The number of aliphatic hydroxyl groups is 1. The number of benzene rings is 1. The lowest BCUT2D eigenvalue weighted by molar-refractivity contribution is -0.115. The van der Waals surface area contributed by atoms with Gasteiger partial charge in [0.05, 0.1) is 28.8 Å². The van der Waals surface area contributed by atoms with Gasteiger partial charge < -0.3 is 29.5 Å². The summed E-state index contributed by atoms with van der Waals surface area (Å²) >= 11 is 7.19. The molecule has 0 saturated carbocycles. The van der Waals surface area contributed by atoms with Crippen LogP contribution in [0, 0.1) is 0 Å². The van der Waals surface area contributed by atoms with Crippen LogP contribution in [0.5, 0.6) is 5.75 Å². The third kappa shape index (κ3) is 16.2. The van der Waals surface area contributed by atoms with Gasteiger partial charge in [-0.15, -0.1) is 0 Å². The van der Waals surface area contributed by atoms with E-state index in [1.54, 1.807) is 18.2 Å². The Labute approximate surface area is 282 Å². The predicted octanol–water partition coefficient (Wildman–Crippen LogP) is 8.02. The first-order valence-electron chi connectivity index (χ1n) is 15.0. The van der Waals surface area contributed by atoms with E-state index >= 15 is 0 Å². The first-order valence-corrected chi connectivity index (χ1v) is 16.6. The second-order valence-electron chi connectivity index (χ2n) is 9.40. The van der Waals surface area contributed by atoms with Crippen molar-refractivity contribution in [2.75, 3.05) is 59.8 Å². The normalized spacial score (nSPS) is 15.3. The van der Waals surface area contributed by atoms with Crippen molar-refractivity contribution in [2.24, 2.45) is 0 Å². The minimum absolute atomic E-state index is 0.115. The Balaban J connectivity index is 0.00000210. The van der Waals surface area contributed by atoms with Crippen molar-refractivity contribution in [2.45, 2.75) is 47.0 Å². The topological polar surface area (TPSA) is 80.3 Å². The summed E-state index contributed by atoms with van der Waals surface area (Å²) in [5, 5.41) is 9.90. The molecule has 9 heteroatoms. The summed E-state index contributed by atoms with van der Waals surface area (Å²) < 4.78 is 18.8. The molecule has 1 fully saturated rings. The smallest absolute Gasteiger partial charge is 0.256 e. The third-order valence-corrected chi connectivity index (χ3v) is 7.42. The van der Waals surface area contributed by atoms with Crippen LogP contribution in [0.3, 0.4) is 0 Å². The molecule has 0 atom stereocenters. The van der Waals surface area contributed by atoms with E-state index in [9.17, 15) is 4.79 Å². The summed E-state index contributed by atoms with van der Waals surface area (Å²) in [5.41, 5.74) is 4.19. The molecule has 1 aromatic carbocycles. The van der Waals surface area contributed by atoms with Crippen LogP contribution >= 0.6 is 31.9 Å². The summed E-state index contributed by atoms with van der Waals surface area (Å²) in [7, 11) is 1.00. The average Bonchev–Trinajstić information content (AvgIpc) is 3.64.